The summed E-state index contributed by atoms with van der Waals surface area (Å²) in [6.45, 7) is 0.686. The zero-order chi connectivity index (χ0) is 15.9. The van der Waals surface area contributed by atoms with Crippen LogP contribution in [0.5, 0.6) is 0 Å². The molecule has 0 saturated heterocycles. The van der Waals surface area contributed by atoms with Gasteiger partial charge in [0.15, 0.2) is 0 Å². The lowest BCUT2D eigenvalue weighted by molar-refractivity contribution is -0.119. The number of nitrogens with one attached hydrogen (secondary N) is 2. The van der Waals surface area contributed by atoms with Crippen molar-refractivity contribution in [3.8, 4) is 0 Å². The van der Waals surface area contributed by atoms with Gasteiger partial charge in [-0.1, -0.05) is 12.1 Å². The Kier molecular flexibility index (Phi) is 6.57. The van der Waals surface area contributed by atoms with Crippen molar-refractivity contribution in [1.82, 2.24) is 10.0 Å². The summed E-state index contributed by atoms with van der Waals surface area (Å²) in [4.78, 5) is 13.1. The molecule has 0 heterocycles. The smallest absolute Gasteiger partial charge is 0.235 e. The minimum absolute atomic E-state index is 0.276. The van der Waals surface area contributed by atoms with Gasteiger partial charge < -0.3 is 10.2 Å². The topological polar surface area (TPSA) is 78.5 Å². The van der Waals surface area contributed by atoms with Gasteiger partial charge in [-0.25, -0.2) is 17.5 Å². The predicted octanol–water partition coefficient (Wildman–Crippen LogP) is 0.317. The molecule has 0 unspecified atom stereocenters. The van der Waals surface area contributed by atoms with Gasteiger partial charge in [-0.05, 0) is 18.6 Å². The Labute approximate surface area is 124 Å². The third-order valence-corrected chi connectivity index (χ3v) is 3.42. The summed E-state index contributed by atoms with van der Waals surface area (Å²) in [5, 5.41) is 2.59. The van der Waals surface area contributed by atoms with E-state index in [0.717, 1.165) is 6.26 Å². The first-order valence-corrected chi connectivity index (χ1v) is 8.36. The van der Waals surface area contributed by atoms with Crippen LogP contribution in [0.1, 0.15) is 6.42 Å². The van der Waals surface area contributed by atoms with E-state index in [0.29, 0.717) is 25.2 Å². The number of anilines is 1. The van der Waals surface area contributed by atoms with Gasteiger partial charge >= 0.3 is 0 Å². The molecular weight excluding hydrogens is 297 g/mol. The summed E-state index contributed by atoms with van der Waals surface area (Å²) < 4.78 is 37.2. The molecule has 2 N–H and O–H groups in total. The van der Waals surface area contributed by atoms with Crippen molar-refractivity contribution in [1.29, 1.82) is 0 Å². The second kappa shape index (κ2) is 7.94. The number of para-hydroxylation sites is 1. The average Bonchev–Trinajstić information content (AvgIpc) is 2.41. The number of halogens is 1. The molecule has 0 saturated carbocycles. The van der Waals surface area contributed by atoms with E-state index in [1.54, 1.807) is 30.1 Å². The van der Waals surface area contributed by atoms with E-state index >= 15 is 0 Å². The molecule has 1 rings (SSSR count). The van der Waals surface area contributed by atoms with Crippen LogP contribution in [0.2, 0.25) is 0 Å². The fourth-order valence-electron chi connectivity index (χ4n) is 1.68. The predicted molar refractivity (Wildman–Crippen MR) is 80.1 cm³/mol. The summed E-state index contributed by atoms with van der Waals surface area (Å²) in [7, 11) is -1.60. The number of carbonyl (C=O) groups excluding carboxylic acids is 1. The Balaban J connectivity index is 2.25. The van der Waals surface area contributed by atoms with Crippen LogP contribution in [0.15, 0.2) is 24.3 Å². The second-order valence-electron chi connectivity index (χ2n) is 4.67. The van der Waals surface area contributed by atoms with Gasteiger partial charge in [-0.2, -0.15) is 0 Å². The highest BCUT2D eigenvalue weighted by Crippen LogP contribution is 2.16. The number of amides is 1. The summed E-state index contributed by atoms with van der Waals surface area (Å²) in [5.74, 6) is -0.685. The Morgan fingerprint density at radius 2 is 2.00 bits per heavy atom. The number of hydrogen-bond acceptors (Lipinski definition) is 4. The molecule has 0 aromatic heterocycles. The molecule has 0 atom stereocenters. The molecule has 1 aromatic carbocycles. The normalized spacial score (nSPS) is 11.2. The molecule has 0 aliphatic rings. The van der Waals surface area contributed by atoms with E-state index in [2.05, 4.69) is 10.0 Å². The van der Waals surface area contributed by atoms with E-state index in [9.17, 15) is 17.6 Å². The van der Waals surface area contributed by atoms with Crippen molar-refractivity contribution in [3.05, 3.63) is 30.1 Å². The Bertz CT molecular complexity index is 578. The van der Waals surface area contributed by atoms with Crippen LogP contribution < -0.4 is 14.9 Å². The largest absolute Gasteiger partial charge is 0.372 e. The van der Waals surface area contributed by atoms with Gasteiger partial charge in [0.2, 0.25) is 15.9 Å². The standard InChI is InChI=1S/C13H20FN3O3S/c1-17(12-7-4-3-6-11(12)14)9-5-8-15-13(18)10-16-21(2,19)20/h3-4,6-7,16H,5,8-10H2,1-2H3,(H,15,18). The van der Waals surface area contributed by atoms with Crippen molar-refractivity contribution in [2.75, 3.05) is 37.8 Å². The molecule has 0 aliphatic heterocycles. The quantitative estimate of drug-likeness (QED) is 0.677. The average molecular weight is 317 g/mol. The summed E-state index contributed by atoms with van der Waals surface area (Å²) >= 11 is 0. The minimum Gasteiger partial charge on any atom is -0.372 e. The second-order valence-corrected chi connectivity index (χ2v) is 6.50. The molecule has 118 valence electrons. The summed E-state index contributed by atoms with van der Waals surface area (Å²) in [6.07, 6.45) is 1.61. The first-order chi connectivity index (χ1) is 9.79. The van der Waals surface area contributed by atoms with E-state index < -0.39 is 15.9 Å². The Hall–Kier alpha value is -1.67. The third-order valence-electron chi connectivity index (χ3n) is 2.75. The summed E-state index contributed by atoms with van der Waals surface area (Å²) in [6, 6.07) is 6.46. The fourth-order valence-corrected chi connectivity index (χ4v) is 2.08. The van der Waals surface area contributed by atoms with Crippen LogP contribution >= 0.6 is 0 Å². The number of rotatable bonds is 8. The summed E-state index contributed by atoms with van der Waals surface area (Å²) in [5.41, 5.74) is 0.502. The number of benzene rings is 1. The molecule has 0 fully saturated rings. The van der Waals surface area contributed by atoms with Gasteiger partial charge in [0.05, 0.1) is 18.5 Å². The molecule has 21 heavy (non-hydrogen) atoms. The molecule has 1 aromatic rings. The van der Waals surface area contributed by atoms with Gasteiger partial charge in [0, 0.05) is 20.1 Å². The van der Waals surface area contributed by atoms with Crippen molar-refractivity contribution in [3.63, 3.8) is 0 Å². The molecule has 1 amide bonds. The van der Waals surface area contributed by atoms with Gasteiger partial charge in [-0.15, -0.1) is 0 Å². The third kappa shape index (κ3) is 7.05. The molecule has 0 bridgehead atoms. The van der Waals surface area contributed by atoms with Gasteiger partial charge in [-0.3, -0.25) is 4.79 Å². The van der Waals surface area contributed by atoms with Gasteiger partial charge in [0.25, 0.3) is 0 Å². The first-order valence-electron chi connectivity index (χ1n) is 6.46. The number of nitrogens with zero attached hydrogens (tertiary/aromatic N) is 1. The highest BCUT2D eigenvalue weighted by Gasteiger charge is 2.07. The van der Waals surface area contributed by atoms with Crippen LogP contribution in [0.25, 0.3) is 0 Å². The maximum atomic E-state index is 13.5. The lowest BCUT2D eigenvalue weighted by atomic mass is 10.2. The minimum atomic E-state index is -3.36. The Morgan fingerprint density at radius 3 is 2.62 bits per heavy atom. The maximum Gasteiger partial charge on any atom is 0.235 e. The van der Waals surface area contributed by atoms with Crippen molar-refractivity contribution < 1.29 is 17.6 Å². The van der Waals surface area contributed by atoms with Crippen molar-refractivity contribution >= 4 is 21.6 Å². The fraction of sp³-hybridized carbons (Fsp3) is 0.462. The highest BCUT2D eigenvalue weighted by molar-refractivity contribution is 7.88. The molecule has 6 nitrogen and oxygen atoms in total. The van der Waals surface area contributed by atoms with Crippen molar-refractivity contribution in [2.24, 2.45) is 0 Å². The van der Waals surface area contributed by atoms with Crippen LogP contribution in [0, 0.1) is 5.82 Å². The highest BCUT2D eigenvalue weighted by atomic mass is 32.2. The molecule has 0 spiro atoms. The Morgan fingerprint density at radius 1 is 1.33 bits per heavy atom. The SMILES string of the molecule is CN(CCCNC(=O)CNS(C)(=O)=O)c1ccccc1F. The van der Waals surface area contributed by atoms with Crippen LogP contribution in [0.4, 0.5) is 10.1 Å². The van der Waals surface area contributed by atoms with Crippen LogP contribution in [0.3, 0.4) is 0 Å². The molecule has 0 radical (unpaired) electrons. The molecular formula is C13H20FN3O3S. The zero-order valence-corrected chi connectivity index (χ0v) is 12.9. The van der Waals surface area contributed by atoms with Crippen molar-refractivity contribution in [2.45, 2.75) is 6.42 Å². The van der Waals surface area contributed by atoms with E-state index in [-0.39, 0.29) is 12.4 Å². The van der Waals surface area contributed by atoms with Crippen LogP contribution in [-0.4, -0.2) is 47.3 Å². The lowest BCUT2D eigenvalue weighted by Crippen LogP contribution is -2.37. The monoisotopic (exact) mass is 317 g/mol. The van der Waals surface area contributed by atoms with Gasteiger partial charge in [0.1, 0.15) is 5.82 Å². The maximum absolute atomic E-state index is 13.5. The van der Waals surface area contributed by atoms with Crippen LogP contribution in [-0.2, 0) is 14.8 Å². The van der Waals surface area contributed by atoms with E-state index in [4.69, 9.17) is 0 Å². The number of hydrogen-bond donors (Lipinski definition) is 2. The first kappa shape index (κ1) is 17.4. The zero-order valence-electron chi connectivity index (χ0n) is 12.1. The molecule has 0 aliphatic carbocycles. The van der Waals surface area contributed by atoms with E-state index in [1.807, 2.05) is 0 Å². The lowest BCUT2D eigenvalue weighted by Gasteiger charge is -2.19. The number of carbonyl (C=O) groups is 1. The number of sulfonamides is 1. The molecule has 8 heteroatoms. The van der Waals surface area contributed by atoms with E-state index in [1.165, 1.54) is 6.07 Å².